The molecule has 31 heavy (non-hydrogen) atoms. The van der Waals surface area contributed by atoms with E-state index in [-0.39, 0.29) is 11.5 Å². The molecule has 0 bridgehead atoms. The highest BCUT2D eigenvalue weighted by molar-refractivity contribution is 6.31. The highest BCUT2D eigenvalue weighted by atomic mass is 35.5. The van der Waals surface area contributed by atoms with Crippen LogP contribution in [-0.4, -0.2) is 20.7 Å². The van der Waals surface area contributed by atoms with E-state index in [4.69, 9.17) is 11.6 Å². The van der Waals surface area contributed by atoms with Crippen LogP contribution in [0.2, 0.25) is 5.02 Å². The molecule has 2 heterocycles. The lowest BCUT2D eigenvalue weighted by Gasteiger charge is -2.08. The molecule has 2 aromatic heterocycles. The lowest BCUT2D eigenvalue weighted by atomic mass is 10.1. The van der Waals surface area contributed by atoms with Gasteiger partial charge >= 0.3 is 0 Å². The monoisotopic (exact) mass is 428 g/mol. The fraction of sp³-hybridized carbons (Fsp3) is 0.0417. The van der Waals surface area contributed by atoms with E-state index in [0.29, 0.717) is 38.9 Å². The van der Waals surface area contributed by atoms with E-state index in [1.807, 2.05) is 48.5 Å². The van der Waals surface area contributed by atoms with Crippen LogP contribution in [0.1, 0.15) is 15.9 Å². The Bertz CT molecular complexity index is 1490. The fourth-order valence-corrected chi connectivity index (χ4v) is 3.78. The Morgan fingerprint density at radius 3 is 2.58 bits per heavy atom. The number of hydrogen-bond acceptors (Lipinski definition) is 3. The zero-order valence-corrected chi connectivity index (χ0v) is 17.1. The second kappa shape index (κ2) is 7.74. The summed E-state index contributed by atoms with van der Waals surface area (Å²) in [5.41, 5.74) is 3.18. The molecule has 2 N–H and O–H groups in total. The number of para-hydroxylation sites is 1. The van der Waals surface area contributed by atoms with Crippen molar-refractivity contribution in [3.8, 4) is 5.69 Å². The SMILES string of the molecule is O=C(NCc1ccccc1Cl)c1ccc2ncc3c(=O)n(-c4ccccc4)[nH]c3c2c1. The maximum Gasteiger partial charge on any atom is 0.280 e. The molecule has 0 unspecified atom stereocenters. The molecule has 0 radical (unpaired) electrons. The molecule has 0 saturated carbocycles. The summed E-state index contributed by atoms with van der Waals surface area (Å²) < 4.78 is 1.48. The van der Waals surface area contributed by atoms with Gasteiger partial charge in [-0.25, -0.2) is 4.68 Å². The third kappa shape index (κ3) is 3.47. The predicted molar refractivity (Wildman–Crippen MR) is 122 cm³/mol. The molecule has 0 saturated heterocycles. The quantitative estimate of drug-likeness (QED) is 0.444. The minimum Gasteiger partial charge on any atom is -0.348 e. The van der Waals surface area contributed by atoms with Crippen LogP contribution in [0.3, 0.4) is 0 Å². The first-order valence-corrected chi connectivity index (χ1v) is 10.1. The topological polar surface area (TPSA) is 79.8 Å². The second-order valence-corrected chi connectivity index (χ2v) is 7.55. The number of hydrogen-bond donors (Lipinski definition) is 2. The van der Waals surface area contributed by atoms with Gasteiger partial charge in [-0.1, -0.05) is 48.0 Å². The van der Waals surface area contributed by atoms with Gasteiger partial charge in [0.2, 0.25) is 0 Å². The maximum absolute atomic E-state index is 12.9. The fourth-order valence-electron chi connectivity index (χ4n) is 3.58. The molecule has 0 fully saturated rings. The summed E-state index contributed by atoms with van der Waals surface area (Å²) in [5.74, 6) is -0.233. The number of benzene rings is 3. The number of fused-ring (bicyclic) bond motifs is 3. The van der Waals surface area contributed by atoms with Crippen molar-refractivity contribution in [1.29, 1.82) is 0 Å². The number of nitrogens with zero attached hydrogens (tertiary/aromatic N) is 2. The van der Waals surface area contributed by atoms with E-state index >= 15 is 0 Å². The van der Waals surface area contributed by atoms with E-state index in [2.05, 4.69) is 15.4 Å². The van der Waals surface area contributed by atoms with Crippen molar-refractivity contribution in [3.63, 3.8) is 0 Å². The van der Waals surface area contributed by atoms with Crippen molar-refractivity contribution < 1.29 is 4.79 Å². The smallest absolute Gasteiger partial charge is 0.280 e. The number of carbonyl (C=O) groups is 1. The molecule has 7 heteroatoms. The number of halogens is 1. The normalized spacial score (nSPS) is 11.1. The molecule has 5 aromatic rings. The number of nitrogens with one attached hydrogen (secondary N) is 2. The van der Waals surface area contributed by atoms with Gasteiger partial charge in [-0.15, -0.1) is 0 Å². The lowest BCUT2D eigenvalue weighted by Crippen LogP contribution is -2.22. The van der Waals surface area contributed by atoms with Gasteiger partial charge in [0.25, 0.3) is 11.5 Å². The van der Waals surface area contributed by atoms with Gasteiger partial charge in [0.15, 0.2) is 0 Å². The number of aromatic nitrogens is 3. The Morgan fingerprint density at radius 2 is 1.77 bits per heavy atom. The minimum absolute atomic E-state index is 0.191. The van der Waals surface area contributed by atoms with Crippen LogP contribution in [0.15, 0.2) is 83.8 Å². The highest BCUT2D eigenvalue weighted by Crippen LogP contribution is 2.22. The Kier molecular flexibility index (Phi) is 4.76. The van der Waals surface area contributed by atoms with Gasteiger partial charge < -0.3 is 5.32 Å². The number of amides is 1. The minimum atomic E-state index is -0.233. The summed E-state index contributed by atoms with van der Waals surface area (Å²) in [6.45, 7) is 0.320. The van der Waals surface area contributed by atoms with Gasteiger partial charge in [0.1, 0.15) is 0 Å². The Hall–Kier alpha value is -3.90. The standard InChI is InChI=1S/C24H17ClN4O2/c25-20-9-5-4-6-16(20)13-27-23(30)15-10-11-21-18(12-15)22-19(14-26-21)24(31)29(28-22)17-7-2-1-3-8-17/h1-12,14,28H,13H2,(H,27,30). The molecule has 1 amide bonds. The van der Waals surface area contributed by atoms with Crippen molar-refractivity contribution in [2.24, 2.45) is 0 Å². The van der Waals surface area contributed by atoms with Crippen LogP contribution in [0.25, 0.3) is 27.5 Å². The highest BCUT2D eigenvalue weighted by Gasteiger charge is 2.14. The number of carbonyl (C=O) groups excluding carboxylic acids is 1. The molecule has 6 nitrogen and oxygen atoms in total. The molecular formula is C24H17ClN4O2. The Balaban J connectivity index is 1.54. The van der Waals surface area contributed by atoms with Crippen LogP contribution >= 0.6 is 11.6 Å². The lowest BCUT2D eigenvalue weighted by molar-refractivity contribution is 0.0951. The summed E-state index contributed by atoms with van der Waals surface area (Å²) in [4.78, 5) is 30.0. The molecule has 0 aliphatic carbocycles. The molecule has 0 atom stereocenters. The maximum atomic E-state index is 12.9. The van der Waals surface area contributed by atoms with Gasteiger partial charge in [-0.05, 0) is 42.0 Å². The van der Waals surface area contributed by atoms with E-state index < -0.39 is 0 Å². The van der Waals surface area contributed by atoms with E-state index in [1.165, 1.54) is 4.68 Å². The first kappa shape index (κ1) is 19.1. The largest absolute Gasteiger partial charge is 0.348 e. The van der Waals surface area contributed by atoms with Gasteiger partial charge in [-0.2, -0.15) is 0 Å². The van der Waals surface area contributed by atoms with Gasteiger partial charge in [0, 0.05) is 28.7 Å². The Labute approximate surface area is 182 Å². The summed E-state index contributed by atoms with van der Waals surface area (Å²) >= 11 is 6.17. The summed E-state index contributed by atoms with van der Waals surface area (Å²) in [5, 5.41) is 7.83. The predicted octanol–water partition coefficient (Wildman–Crippen LogP) is 4.45. The number of rotatable bonds is 4. The molecule has 152 valence electrons. The third-order valence-electron chi connectivity index (χ3n) is 5.20. The van der Waals surface area contributed by atoms with E-state index in [9.17, 15) is 9.59 Å². The summed E-state index contributed by atoms with van der Waals surface area (Å²) in [7, 11) is 0. The molecule has 5 rings (SSSR count). The third-order valence-corrected chi connectivity index (χ3v) is 5.57. The average Bonchev–Trinajstić information content (AvgIpc) is 3.15. The van der Waals surface area contributed by atoms with Crippen LogP contribution in [0.5, 0.6) is 0 Å². The van der Waals surface area contributed by atoms with Crippen molar-refractivity contribution in [3.05, 3.63) is 105 Å². The molecule has 3 aromatic carbocycles. The van der Waals surface area contributed by atoms with Crippen molar-refractivity contribution in [2.75, 3.05) is 0 Å². The van der Waals surface area contributed by atoms with Crippen molar-refractivity contribution in [1.82, 2.24) is 20.1 Å². The number of pyridine rings is 1. The van der Waals surface area contributed by atoms with E-state index in [1.54, 1.807) is 30.5 Å². The van der Waals surface area contributed by atoms with E-state index in [0.717, 1.165) is 11.3 Å². The molecule has 0 aliphatic rings. The zero-order valence-electron chi connectivity index (χ0n) is 16.3. The number of aromatic amines is 1. The molecular weight excluding hydrogens is 412 g/mol. The summed E-state index contributed by atoms with van der Waals surface area (Å²) in [6.07, 6.45) is 1.56. The Morgan fingerprint density at radius 1 is 1.00 bits per heavy atom. The zero-order chi connectivity index (χ0) is 21.4. The first-order valence-electron chi connectivity index (χ1n) is 9.72. The van der Waals surface area contributed by atoms with Gasteiger partial charge in [-0.3, -0.25) is 19.7 Å². The number of H-pyrrole nitrogens is 1. The van der Waals surface area contributed by atoms with Crippen LogP contribution < -0.4 is 10.9 Å². The van der Waals surface area contributed by atoms with Crippen molar-refractivity contribution >= 4 is 39.3 Å². The molecule has 0 aliphatic heterocycles. The molecule has 0 spiro atoms. The van der Waals surface area contributed by atoms with Crippen LogP contribution in [0, 0.1) is 0 Å². The second-order valence-electron chi connectivity index (χ2n) is 7.14. The summed E-state index contributed by atoms with van der Waals surface area (Å²) in [6, 6.07) is 21.9. The average molecular weight is 429 g/mol. The van der Waals surface area contributed by atoms with Gasteiger partial charge in [0.05, 0.1) is 22.1 Å². The van der Waals surface area contributed by atoms with Crippen LogP contribution in [-0.2, 0) is 6.54 Å². The van der Waals surface area contributed by atoms with Crippen molar-refractivity contribution in [2.45, 2.75) is 6.54 Å². The van der Waals surface area contributed by atoms with Crippen LogP contribution in [0.4, 0.5) is 0 Å². The first-order chi connectivity index (χ1) is 15.1.